The van der Waals surface area contributed by atoms with Crippen LogP contribution in [-0.4, -0.2) is 10.7 Å². The molecule has 2 rings (SSSR count). The van der Waals surface area contributed by atoms with E-state index < -0.39 is 0 Å². The number of amidine groups is 1. The average Bonchev–Trinajstić information content (AvgIpc) is 2.58. The van der Waals surface area contributed by atoms with Gasteiger partial charge in [-0.1, -0.05) is 45.0 Å². The van der Waals surface area contributed by atoms with E-state index in [1.165, 1.54) is 11.1 Å². The van der Waals surface area contributed by atoms with Gasteiger partial charge in [-0.25, -0.2) is 0 Å². The van der Waals surface area contributed by atoms with E-state index in [0.29, 0.717) is 0 Å². The van der Waals surface area contributed by atoms with Gasteiger partial charge in [-0.3, -0.25) is 5.41 Å². The summed E-state index contributed by atoms with van der Waals surface area (Å²) in [4.78, 5) is 2.16. The zero-order chi connectivity index (χ0) is 11.1. The van der Waals surface area contributed by atoms with Gasteiger partial charge in [-0.05, 0) is 11.1 Å². The Morgan fingerprint density at radius 3 is 2.00 bits per heavy atom. The summed E-state index contributed by atoms with van der Waals surface area (Å²) in [6.07, 6.45) is 0. The first kappa shape index (κ1) is 10.2. The van der Waals surface area contributed by atoms with E-state index >= 15 is 0 Å². The van der Waals surface area contributed by atoms with E-state index in [1.54, 1.807) is 0 Å². The van der Waals surface area contributed by atoms with Gasteiger partial charge in [0.05, 0.1) is 0 Å². The highest BCUT2D eigenvalue weighted by atomic mass is 15.2. The van der Waals surface area contributed by atoms with Crippen LogP contribution in [0.2, 0.25) is 0 Å². The fourth-order valence-electron chi connectivity index (χ4n) is 1.97. The summed E-state index contributed by atoms with van der Waals surface area (Å²) in [5, 5.41) is 8.14. The molecule has 0 fully saturated rings. The van der Waals surface area contributed by atoms with Gasteiger partial charge in [0.25, 0.3) is 0 Å². The second-order valence-electron chi connectivity index (χ2n) is 5.22. The van der Waals surface area contributed by atoms with E-state index in [1.807, 2.05) is 0 Å². The molecule has 0 amide bonds. The lowest BCUT2D eigenvalue weighted by atomic mass is 9.94. The van der Waals surface area contributed by atoms with Crippen molar-refractivity contribution in [2.45, 2.75) is 33.9 Å². The lowest BCUT2D eigenvalue weighted by Gasteiger charge is -2.28. The Labute approximate surface area is 91.4 Å². The Hall–Kier alpha value is -1.31. The van der Waals surface area contributed by atoms with Crippen molar-refractivity contribution in [2.75, 3.05) is 0 Å². The number of benzene rings is 1. The quantitative estimate of drug-likeness (QED) is 0.508. The number of nitrogens with zero attached hydrogens (tertiary/aromatic N) is 1. The van der Waals surface area contributed by atoms with Crippen molar-refractivity contribution in [3.8, 4) is 0 Å². The summed E-state index contributed by atoms with van der Waals surface area (Å²) in [6.45, 7) is 8.08. The zero-order valence-corrected chi connectivity index (χ0v) is 9.67. The van der Waals surface area contributed by atoms with Crippen molar-refractivity contribution in [2.24, 2.45) is 5.41 Å². The molecule has 0 saturated heterocycles. The van der Waals surface area contributed by atoms with Gasteiger partial charge < -0.3 is 4.90 Å². The molecule has 0 radical (unpaired) electrons. The molecule has 0 bridgehead atoms. The van der Waals surface area contributed by atoms with Crippen molar-refractivity contribution >= 4 is 5.84 Å². The Balaban J connectivity index is 2.17. The molecule has 0 spiro atoms. The Kier molecular flexibility index (Phi) is 2.29. The largest absolute Gasteiger partial charge is 0.351 e. The predicted octanol–water partition coefficient (Wildman–Crippen LogP) is 3.03. The fourth-order valence-corrected chi connectivity index (χ4v) is 1.97. The molecular weight excluding hydrogens is 184 g/mol. The van der Waals surface area contributed by atoms with Crippen LogP contribution in [0.15, 0.2) is 24.3 Å². The summed E-state index contributed by atoms with van der Waals surface area (Å²) < 4.78 is 0. The number of rotatable bonds is 0. The summed E-state index contributed by atoms with van der Waals surface area (Å²) in [6, 6.07) is 8.46. The number of hydrogen-bond acceptors (Lipinski definition) is 1. The van der Waals surface area contributed by atoms with E-state index in [2.05, 4.69) is 49.9 Å². The molecule has 0 atom stereocenters. The minimum absolute atomic E-state index is 0.0535. The molecule has 0 aromatic heterocycles. The van der Waals surface area contributed by atoms with Crippen LogP contribution in [-0.2, 0) is 13.1 Å². The molecule has 0 saturated carbocycles. The summed E-state index contributed by atoms with van der Waals surface area (Å²) >= 11 is 0. The maximum absolute atomic E-state index is 8.14. The SMILES string of the molecule is CC(C)(C)C(=N)N1Cc2ccccc2C1. The van der Waals surface area contributed by atoms with Gasteiger partial charge in [-0.15, -0.1) is 0 Å². The first-order chi connectivity index (χ1) is 6.98. The highest BCUT2D eigenvalue weighted by molar-refractivity contribution is 5.84. The Morgan fingerprint density at radius 1 is 1.13 bits per heavy atom. The lowest BCUT2D eigenvalue weighted by Crippen LogP contribution is -2.35. The molecule has 15 heavy (non-hydrogen) atoms. The van der Waals surface area contributed by atoms with Crippen LogP contribution in [0.5, 0.6) is 0 Å². The van der Waals surface area contributed by atoms with Crippen LogP contribution in [0.4, 0.5) is 0 Å². The van der Waals surface area contributed by atoms with E-state index in [9.17, 15) is 0 Å². The number of nitrogens with one attached hydrogen (secondary N) is 1. The van der Waals surface area contributed by atoms with Crippen LogP contribution in [0.25, 0.3) is 0 Å². The summed E-state index contributed by atoms with van der Waals surface area (Å²) in [5.41, 5.74) is 2.68. The fraction of sp³-hybridized carbons (Fsp3) is 0.462. The topological polar surface area (TPSA) is 27.1 Å². The molecule has 2 heteroatoms. The molecule has 80 valence electrons. The third kappa shape index (κ3) is 1.89. The monoisotopic (exact) mass is 202 g/mol. The molecule has 0 aliphatic carbocycles. The highest BCUT2D eigenvalue weighted by Crippen LogP contribution is 2.27. The minimum Gasteiger partial charge on any atom is -0.351 e. The maximum atomic E-state index is 8.14. The molecule has 2 nitrogen and oxygen atoms in total. The van der Waals surface area contributed by atoms with Gasteiger partial charge in [0.2, 0.25) is 0 Å². The predicted molar refractivity (Wildman–Crippen MR) is 62.9 cm³/mol. The van der Waals surface area contributed by atoms with Crippen molar-refractivity contribution in [1.82, 2.24) is 4.90 Å². The van der Waals surface area contributed by atoms with Gasteiger partial charge in [0.1, 0.15) is 5.84 Å². The smallest absolute Gasteiger partial charge is 0.102 e. The Morgan fingerprint density at radius 2 is 1.60 bits per heavy atom. The minimum atomic E-state index is -0.0535. The van der Waals surface area contributed by atoms with Gasteiger partial charge in [0, 0.05) is 18.5 Å². The Bertz CT molecular complexity index is 363. The van der Waals surface area contributed by atoms with Gasteiger partial charge in [0.15, 0.2) is 0 Å². The third-order valence-electron chi connectivity index (χ3n) is 2.87. The zero-order valence-electron chi connectivity index (χ0n) is 9.67. The van der Waals surface area contributed by atoms with Gasteiger partial charge >= 0.3 is 0 Å². The third-order valence-corrected chi connectivity index (χ3v) is 2.87. The van der Waals surface area contributed by atoms with E-state index in [-0.39, 0.29) is 5.41 Å². The molecule has 1 heterocycles. The molecule has 1 aromatic rings. The van der Waals surface area contributed by atoms with E-state index in [4.69, 9.17) is 5.41 Å². The van der Waals surface area contributed by atoms with Crippen molar-refractivity contribution in [1.29, 1.82) is 5.41 Å². The molecule has 1 aliphatic rings. The van der Waals surface area contributed by atoms with Crippen molar-refractivity contribution in [3.63, 3.8) is 0 Å². The highest BCUT2D eigenvalue weighted by Gasteiger charge is 2.27. The standard InChI is InChI=1S/C13H18N2/c1-13(2,3)12(14)15-8-10-6-4-5-7-11(10)9-15/h4-7,14H,8-9H2,1-3H3. The maximum Gasteiger partial charge on any atom is 0.102 e. The second-order valence-corrected chi connectivity index (χ2v) is 5.22. The first-order valence-corrected chi connectivity index (χ1v) is 5.39. The van der Waals surface area contributed by atoms with Crippen LogP contribution in [0, 0.1) is 10.8 Å². The van der Waals surface area contributed by atoms with Crippen LogP contribution < -0.4 is 0 Å². The molecule has 1 N–H and O–H groups in total. The molecule has 1 aromatic carbocycles. The molecule has 0 unspecified atom stereocenters. The summed E-state index contributed by atoms with van der Waals surface area (Å²) in [5.74, 6) is 0.735. The van der Waals surface area contributed by atoms with E-state index in [0.717, 1.165) is 18.9 Å². The number of hydrogen-bond donors (Lipinski definition) is 1. The number of fused-ring (bicyclic) bond motifs is 1. The molecule has 1 aliphatic heterocycles. The molecular formula is C13H18N2. The first-order valence-electron chi connectivity index (χ1n) is 5.39. The van der Waals surface area contributed by atoms with Crippen LogP contribution in [0.1, 0.15) is 31.9 Å². The normalized spacial score (nSPS) is 15.3. The van der Waals surface area contributed by atoms with Gasteiger partial charge in [-0.2, -0.15) is 0 Å². The second kappa shape index (κ2) is 3.37. The van der Waals surface area contributed by atoms with Crippen molar-refractivity contribution < 1.29 is 0 Å². The summed E-state index contributed by atoms with van der Waals surface area (Å²) in [7, 11) is 0. The van der Waals surface area contributed by atoms with Crippen molar-refractivity contribution in [3.05, 3.63) is 35.4 Å². The average molecular weight is 202 g/mol. The van der Waals surface area contributed by atoms with Crippen LogP contribution in [0.3, 0.4) is 0 Å². The van der Waals surface area contributed by atoms with Crippen LogP contribution >= 0.6 is 0 Å². The lowest BCUT2D eigenvalue weighted by molar-refractivity contribution is 0.381.